The molecule has 0 amide bonds. The molecule has 10 heteroatoms. The van der Waals surface area contributed by atoms with Gasteiger partial charge in [0, 0.05) is 19.4 Å². The summed E-state index contributed by atoms with van der Waals surface area (Å²) < 4.78 is 33.2. The van der Waals surface area contributed by atoms with Crippen LogP contribution in [0.15, 0.2) is 109 Å². The molecule has 0 rings (SSSR count). The highest BCUT2D eigenvalue weighted by molar-refractivity contribution is 7.47. The highest BCUT2D eigenvalue weighted by Crippen LogP contribution is 2.43. The van der Waals surface area contributed by atoms with Crippen molar-refractivity contribution < 1.29 is 37.6 Å². The van der Waals surface area contributed by atoms with Crippen LogP contribution in [0.2, 0.25) is 0 Å². The highest BCUT2D eigenvalue weighted by atomic mass is 31.2. The Hall–Kier alpha value is -3.33. The highest BCUT2D eigenvalue weighted by Gasteiger charge is 2.26. The van der Waals surface area contributed by atoms with Crippen LogP contribution in [0.5, 0.6) is 0 Å². The van der Waals surface area contributed by atoms with E-state index in [9.17, 15) is 19.0 Å². The number of nitrogens with two attached hydrogens (primary N) is 1. The summed E-state index contributed by atoms with van der Waals surface area (Å²) in [4.78, 5) is 35.4. The number of allylic oxidation sites excluding steroid dienone is 18. The number of unbranched alkanes of at least 4 members (excludes halogenated alkanes) is 39. The van der Waals surface area contributed by atoms with Crippen LogP contribution in [0.4, 0.5) is 0 Å². The summed E-state index contributed by atoms with van der Waals surface area (Å²) in [6.07, 6.45) is 102. The van der Waals surface area contributed by atoms with Crippen LogP contribution in [-0.4, -0.2) is 49.3 Å². The maximum atomic E-state index is 12.8. The molecule has 0 aromatic rings. The van der Waals surface area contributed by atoms with Crippen molar-refractivity contribution in [2.24, 2.45) is 5.73 Å². The molecule has 0 spiro atoms. The van der Waals surface area contributed by atoms with Crippen molar-refractivity contribution in [2.45, 2.75) is 354 Å². The molecule has 0 aliphatic carbocycles. The standard InChI is InChI=1S/C79H140NO8P/c1-3-5-7-9-11-13-15-17-19-21-23-25-27-29-31-33-35-37-38-40-42-44-46-48-50-52-54-56-58-60-62-64-66-68-70-72-79(82)88-77(76-87-89(83,84)86-74-73-80)75-85-78(81)71-69-67-65-63-61-59-57-55-53-51-49-47-45-43-41-39-36-34-32-30-28-26-24-22-20-18-16-14-12-10-8-6-4-2/h5,7,11,13,17,19,23,25,29,31,35,37,40,42,46,48,52,54,77H,3-4,6,8-10,12,14-16,18,20-22,24,26-28,30,32-34,36,38-39,41,43-45,47,49-51,53,55-76,80H2,1-2H3,(H,83,84)/b7-5-,13-11-,19-17-,25-23-,31-29-,37-35-,42-40-,48-46-,54-52-. The molecule has 0 saturated heterocycles. The Morgan fingerprint density at radius 3 is 0.921 bits per heavy atom. The molecule has 89 heavy (non-hydrogen) atoms. The van der Waals surface area contributed by atoms with E-state index < -0.39 is 26.5 Å². The van der Waals surface area contributed by atoms with Crippen molar-refractivity contribution in [3.8, 4) is 0 Å². The molecule has 0 heterocycles. The molecular weight excluding hydrogens is 1120 g/mol. The van der Waals surface area contributed by atoms with Crippen LogP contribution >= 0.6 is 7.82 Å². The number of esters is 2. The number of rotatable bonds is 70. The number of carbonyl (C=O) groups is 2. The lowest BCUT2D eigenvalue weighted by Crippen LogP contribution is -2.29. The van der Waals surface area contributed by atoms with Crippen molar-refractivity contribution in [1.29, 1.82) is 0 Å². The first kappa shape index (κ1) is 85.7. The van der Waals surface area contributed by atoms with E-state index in [0.29, 0.717) is 6.42 Å². The van der Waals surface area contributed by atoms with Crippen LogP contribution in [0.1, 0.15) is 348 Å². The predicted octanol–water partition coefficient (Wildman–Crippen LogP) is 24.9. The van der Waals surface area contributed by atoms with Gasteiger partial charge < -0.3 is 20.1 Å². The molecule has 0 bridgehead atoms. The second-order valence-electron chi connectivity index (χ2n) is 24.8. The van der Waals surface area contributed by atoms with Gasteiger partial charge in [0.2, 0.25) is 0 Å². The molecule has 0 aliphatic heterocycles. The Morgan fingerprint density at radius 2 is 0.618 bits per heavy atom. The van der Waals surface area contributed by atoms with Crippen molar-refractivity contribution in [1.82, 2.24) is 0 Å². The van der Waals surface area contributed by atoms with Gasteiger partial charge in [-0.15, -0.1) is 0 Å². The average molecular weight is 1260 g/mol. The Balaban J connectivity index is 3.89. The molecule has 0 saturated carbocycles. The Morgan fingerprint density at radius 1 is 0.348 bits per heavy atom. The van der Waals surface area contributed by atoms with Gasteiger partial charge in [0.1, 0.15) is 6.61 Å². The van der Waals surface area contributed by atoms with E-state index in [1.165, 1.54) is 212 Å². The first-order valence-electron chi connectivity index (χ1n) is 37.4. The van der Waals surface area contributed by atoms with Crippen molar-refractivity contribution in [3.63, 3.8) is 0 Å². The van der Waals surface area contributed by atoms with Crippen LogP contribution in [-0.2, 0) is 32.7 Å². The van der Waals surface area contributed by atoms with E-state index in [-0.39, 0.29) is 38.6 Å². The summed E-state index contributed by atoms with van der Waals surface area (Å²) in [5, 5.41) is 0. The zero-order valence-electron chi connectivity index (χ0n) is 57.9. The summed E-state index contributed by atoms with van der Waals surface area (Å²) in [7, 11) is -4.40. The van der Waals surface area contributed by atoms with Crippen molar-refractivity contribution >= 4 is 19.8 Å². The van der Waals surface area contributed by atoms with Crippen LogP contribution < -0.4 is 5.73 Å². The molecule has 0 radical (unpaired) electrons. The third-order valence-electron chi connectivity index (χ3n) is 16.2. The summed E-state index contributed by atoms with van der Waals surface area (Å²) in [6.45, 7) is 3.66. The molecule has 0 aromatic heterocycles. The monoisotopic (exact) mass is 1260 g/mol. The minimum Gasteiger partial charge on any atom is -0.462 e. The second-order valence-corrected chi connectivity index (χ2v) is 26.2. The van der Waals surface area contributed by atoms with Gasteiger partial charge in [-0.3, -0.25) is 18.6 Å². The fourth-order valence-corrected chi connectivity index (χ4v) is 11.5. The van der Waals surface area contributed by atoms with Gasteiger partial charge in [-0.05, 0) is 83.5 Å². The molecule has 0 fully saturated rings. The first-order valence-corrected chi connectivity index (χ1v) is 38.9. The SMILES string of the molecule is CC/C=C\C/C=C\C/C=C\C/C=C\C/C=C\C/C=C\C/C=C\C/C=C\C/C=C\CCCCCCCCCC(=O)OC(COC(=O)CCCCCCCCCCCCCCCCCCCCCCCCCCCCCCCCCCC)COP(=O)(O)OCCN. The number of phosphoric acid groups is 1. The van der Waals surface area contributed by atoms with Crippen LogP contribution in [0.25, 0.3) is 0 Å². The zero-order chi connectivity index (χ0) is 64.4. The van der Waals surface area contributed by atoms with Gasteiger partial charge >= 0.3 is 19.8 Å². The van der Waals surface area contributed by atoms with Crippen molar-refractivity contribution in [3.05, 3.63) is 109 Å². The van der Waals surface area contributed by atoms with Crippen LogP contribution in [0, 0.1) is 0 Å². The molecule has 2 atom stereocenters. The summed E-state index contributed by atoms with van der Waals surface area (Å²) in [5.41, 5.74) is 5.41. The normalized spacial score (nSPS) is 13.5. The molecule has 3 N–H and O–H groups in total. The van der Waals surface area contributed by atoms with Crippen molar-refractivity contribution in [2.75, 3.05) is 26.4 Å². The zero-order valence-corrected chi connectivity index (χ0v) is 58.8. The lowest BCUT2D eigenvalue weighted by molar-refractivity contribution is -0.161. The minimum atomic E-state index is -4.40. The molecule has 514 valence electrons. The topological polar surface area (TPSA) is 134 Å². The number of carbonyl (C=O) groups excluding carboxylic acids is 2. The maximum absolute atomic E-state index is 12.8. The number of hydrogen-bond acceptors (Lipinski definition) is 8. The van der Waals surface area contributed by atoms with E-state index >= 15 is 0 Å². The number of ether oxygens (including phenoxy) is 2. The van der Waals surface area contributed by atoms with Gasteiger partial charge in [-0.1, -0.05) is 361 Å². The second kappa shape index (κ2) is 73.7. The molecule has 9 nitrogen and oxygen atoms in total. The third-order valence-corrected chi connectivity index (χ3v) is 17.2. The molecule has 0 aliphatic rings. The lowest BCUT2D eigenvalue weighted by Gasteiger charge is -2.19. The fraction of sp³-hybridized carbons (Fsp3) is 0.747. The predicted molar refractivity (Wildman–Crippen MR) is 385 cm³/mol. The largest absolute Gasteiger partial charge is 0.472 e. The van der Waals surface area contributed by atoms with E-state index in [4.69, 9.17) is 24.3 Å². The molecule has 2 unspecified atom stereocenters. The summed E-state index contributed by atoms with van der Waals surface area (Å²) in [5.74, 6) is -0.832. The van der Waals surface area contributed by atoms with Gasteiger partial charge in [0.15, 0.2) is 6.10 Å². The van der Waals surface area contributed by atoms with E-state index in [2.05, 4.69) is 123 Å². The lowest BCUT2D eigenvalue weighted by atomic mass is 10.0. The summed E-state index contributed by atoms with van der Waals surface area (Å²) in [6, 6.07) is 0. The first-order chi connectivity index (χ1) is 43.8. The number of hydrogen-bond donors (Lipinski definition) is 2. The van der Waals surface area contributed by atoms with E-state index in [1.807, 2.05) is 0 Å². The quantitative estimate of drug-likeness (QED) is 0.0264. The summed E-state index contributed by atoms with van der Waals surface area (Å²) >= 11 is 0. The smallest absolute Gasteiger partial charge is 0.462 e. The maximum Gasteiger partial charge on any atom is 0.472 e. The van der Waals surface area contributed by atoms with Gasteiger partial charge in [0.25, 0.3) is 0 Å². The molecular formula is C79H140NO8P. The van der Waals surface area contributed by atoms with E-state index in [1.54, 1.807) is 0 Å². The van der Waals surface area contributed by atoms with Gasteiger partial charge in [0.05, 0.1) is 13.2 Å². The fourth-order valence-electron chi connectivity index (χ4n) is 10.7. The Labute approximate surface area is 549 Å². The minimum absolute atomic E-state index is 0.0479. The van der Waals surface area contributed by atoms with Gasteiger partial charge in [-0.25, -0.2) is 4.57 Å². The van der Waals surface area contributed by atoms with Crippen LogP contribution in [0.3, 0.4) is 0 Å². The van der Waals surface area contributed by atoms with E-state index in [0.717, 1.165) is 103 Å². The average Bonchev–Trinajstić information content (AvgIpc) is 3.66. The third kappa shape index (κ3) is 73.6. The Bertz CT molecular complexity index is 1830. The molecule has 0 aromatic carbocycles. The van der Waals surface area contributed by atoms with Gasteiger partial charge in [-0.2, -0.15) is 0 Å². The Kier molecular flexibility index (Phi) is 71.0. The number of phosphoric ester groups is 1.